The average molecular weight is 116 g/mol. The molecule has 0 aliphatic heterocycles. The molecule has 0 spiro atoms. The van der Waals surface area contributed by atoms with Crippen LogP contribution in [0.4, 0.5) is 0 Å². The van der Waals surface area contributed by atoms with E-state index in [-0.39, 0.29) is 12.7 Å². The van der Waals surface area contributed by atoms with E-state index in [2.05, 4.69) is 0 Å². The van der Waals surface area contributed by atoms with Crippen molar-refractivity contribution in [2.45, 2.75) is 13.0 Å². The van der Waals surface area contributed by atoms with E-state index < -0.39 is 0 Å². The Morgan fingerprint density at radius 3 is 2.75 bits per heavy atom. The molecule has 8 heavy (non-hydrogen) atoms. The Bertz CT molecular complexity index is 68.9. The Balaban J connectivity index is 3.21. The van der Waals surface area contributed by atoms with E-state index >= 15 is 0 Å². The zero-order chi connectivity index (χ0) is 6.41. The first-order chi connectivity index (χ1) is 3.81. The summed E-state index contributed by atoms with van der Waals surface area (Å²) in [5, 5.41) is 8.27. The molecule has 0 aliphatic carbocycles. The maximum absolute atomic E-state index is 8.27. The van der Waals surface area contributed by atoms with Crippen molar-refractivity contribution in [3.63, 3.8) is 0 Å². The van der Waals surface area contributed by atoms with E-state index in [1.165, 1.54) is 0 Å². The normalized spacial score (nSPS) is 14.9. The summed E-state index contributed by atoms with van der Waals surface area (Å²) >= 11 is 0. The van der Waals surface area contributed by atoms with Crippen LogP contribution in [0.5, 0.6) is 0 Å². The number of methoxy groups -OCH3 is 1. The summed E-state index contributed by atoms with van der Waals surface area (Å²) in [7, 11) is 1.63. The number of hydrogen-bond acceptors (Lipinski definition) is 2. The van der Waals surface area contributed by atoms with Crippen LogP contribution in [0.2, 0.25) is 0 Å². The fraction of sp³-hybridized carbons (Fsp3) is 0.667. The number of aliphatic hydroxyl groups is 1. The molecule has 0 bridgehead atoms. The van der Waals surface area contributed by atoms with Crippen molar-refractivity contribution in [1.29, 1.82) is 0 Å². The molecular formula is C6H12O2. The van der Waals surface area contributed by atoms with Crippen molar-refractivity contribution >= 4 is 0 Å². The minimum Gasteiger partial charge on any atom is -0.392 e. The molecule has 2 nitrogen and oxygen atoms in total. The second-order valence-corrected chi connectivity index (χ2v) is 1.55. The summed E-state index contributed by atoms with van der Waals surface area (Å²) in [6.07, 6.45) is 3.58. The van der Waals surface area contributed by atoms with Crippen molar-refractivity contribution in [3.8, 4) is 0 Å². The maximum Gasteiger partial charge on any atom is 0.0724 e. The second kappa shape index (κ2) is 4.81. The van der Waals surface area contributed by atoms with Crippen LogP contribution in [0.1, 0.15) is 6.92 Å². The van der Waals surface area contributed by atoms with Crippen LogP contribution in [-0.4, -0.2) is 24.9 Å². The Morgan fingerprint density at radius 1 is 1.75 bits per heavy atom. The second-order valence-electron chi connectivity index (χ2n) is 1.55. The van der Waals surface area contributed by atoms with Crippen LogP contribution in [0.25, 0.3) is 0 Å². The van der Waals surface area contributed by atoms with E-state index in [1.807, 2.05) is 6.92 Å². The van der Waals surface area contributed by atoms with Crippen LogP contribution in [-0.2, 0) is 4.74 Å². The fourth-order valence-electron chi connectivity index (χ4n) is 0.331. The van der Waals surface area contributed by atoms with Gasteiger partial charge in [0.05, 0.1) is 12.7 Å². The van der Waals surface area contributed by atoms with Gasteiger partial charge in [0.2, 0.25) is 0 Å². The quantitative estimate of drug-likeness (QED) is 0.546. The molecule has 2 heteroatoms. The van der Waals surface area contributed by atoms with E-state index in [9.17, 15) is 0 Å². The number of ether oxygens (including phenoxy) is 1. The number of rotatable bonds is 3. The van der Waals surface area contributed by atoms with Gasteiger partial charge in [-0.3, -0.25) is 0 Å². The first-order valence-electron chi connectivity index (χ1n) is 2.61. The van der Waals surface area contributed by atoms with Gasteiger partial charge in [-0.15, -0.1) is 0 Å². The minimum atomic E-state index is 0.0910. The van der Waals surface area contributed by atoms with E-state index in [0.29, 0.717) is 0 Å². The molecule has 1 atom stereocenters. The molecular weight excluding hydrogens is 104 g/mol. The van der Waals surface area contributed by atoms with Gasteiger partial charge < -0.3 is 9.84 Å². The highest BCUT2D eigenvalue weighted by Gasteiger charge is 1.86. The molecule has 0 unspecified atom stereocenters. The summed E-state index contributed by atoms with van der Waals surface area (Å²) in [4.78, 5) is 0. The van der Waals surface area contributed by atoms with Gasteiger partial charge in [-0.2, -0.15) is 0 Å². The molecule has 0 amide bonds. The largest absolute Gasteiger partial charge is 0.392 e. The lowest BCUT2D eigenvalue weighted by atomic mass is 10.3. The van der Waals surface area contributed by atoms with Crippen LogP contribution in [0.15, 0.2) is 12.2 Å². The van der Waals surface area contributed by atoms with Crippen molar-refractivity contribution < 1.29 is 9.84 Å². The summed E-state index contributed by atoms with van der Waals surface area (Å²) < 4.78 is 4.85. The Labute approximate surface area is 49.8 Å². The first kappa shape index (κ1) is 7.66. The molecule has 0 radical (unpaired) electrons. The Morgan fingerprint density at radius 2 is 2.38 bits per heavy atom. The molecule has 0 aromatic heterocycles. The molecule has 1 N–H and O–H groups in total. The number of aliphatic hydroxyl groups excluding tert-OH is 1. The zero-order valence-electron chi connectivity index (χ0n) is 5.29. The van der Waals surface area contributed by atoms with Crippen LogP contribution in [0.3, 0.4) is 0 Å². The standard InChI is InChI=1S/C6H12O2/c1-6(8-2)4-3-5-7/h3-4,6-7H,5H2,1-2H3/b4-3+/t6-/m0/s1. The van der Waals surface area contributed by atoms with Crippen LogP contribution < -0.4 is 0 Å². The van der Waals surface area contributed by atoms with Crippen LogP contribution >= 0.6 is 0 Å². The smallest absolute Gasteiger partial charge is 0.0724 e. The maximum atomic E-state index is 8.27. The van der Waals surface area contributed by atoms with Gasteiger partial charge in [-0.25, -0.2) is 0 Å². The molecule has 0 aromatic rings. The summed E-state index contributed by atoms with van der Waals surface area (Å²) in [5.41, 5.74) is 0. The monoisotopic (exact) mass is 116 g/mol. The molecule has 0 aromatic carbocycles. The summed E-state index contributed by atoms with van der Waals surface area (Å²) in [6, 6.07) is 0. The topological polar surface area (TPSA) is 29.5 Å². The molecule has 0 aliphatic rings. The van der Waals surface area contributed by atoms with Crippen molar-refractivity contribution in [2.24, 2.45) is 0 Å². The van der Waals surface area contributed by atoms with E-state index in [1.54, 1.807) is 19.3 Å². The molecule has 48 valence electrons. The lowest BCUT2D eigenvalue weighted by molar-refractivity contribution is 0.155. The fourth-order valence-corrected chi connectivity index (χ4v) is 0.331. The predicted octanol–water partition coefficient (Wildman–Crippen LogP) is 0.570. The van der Waals surface area contributed by atoms with Crippen molar-refractivity contribution in [2.75, 3.05) is 13.7 Å². The van der Waals surface area contributed by atoms with Gasteiger partial charge in [-0.05, 0) is 6.92 Å². The highest BCUT2D eigenvalue weighted by Crippen LogP contribution is 1.87. The molecule has 0 rings (SSSR count). The SMILES string of the molecule is CO[C@@H](C)/C=C/CO. The summed E-state index contributed by atoms with van der Waals surface area (Å²) in [6.45, 7) is 2.00. The van der Waals surface area contributed by atoms with Crippen molar-refractivity contribution in [3.05, 3.63) is 12.2 Å². The van der Waals surface area contributed by atoms with E-state index in [0.717, 1.165) is 0 Å². The lowest BCUT2D eigenvalue weighted by Gasteiger charge is -1.99. The Kier molecular flexibility index (Phi) is 4.61. The van der Waals surface area contributed by atoms with Gasteiger partial charge in [0.1, 0.15) is 0 Å². The van der Waals surface area contributed by atoms with E-state index in [4.69, 9.17) is 9.84 Å². The molecule has 0 heterocycles. The van der Waals surface area contributed by atoms with Gasteiger partial charge in [0.25, 0.3) is 0 Å². The van der Waals surface area contributed by atoms with Gasteiger partial charge in [0.15, 0.2) is 0 Å². The first-order valence-corrected chi connectivity index (χ1v) is 2.61. The Hall–Kier alpha value is -0.340. The van der Waals surface area contributed by atoms with Gasteiger partial charge >= 0.3 is 0 Å². The predicted molar refractivity (Wildman–Crippen MR) is 32.7 cm³/mol. The third kappa shape index (κ3) is 3.84. The molecule has 0 fully saturated rings. The lowest BCUT2D eigenvalue weighted by Crippen LogP contribution is -1.98. The highest BCUT2D eigenvalue weighted by molar-refractivity contribution is 4.86. The zero-order valence-corrected chi connectivity index (χ0v) is 5.29. The summed E-state index contributed by atoms with van der Waals surface area (Å²) in [5.74, 6) is 0. The molecule has 0 saturated heterocycles. The van der Waals surface area contributed by atoms with Crippen LogP contribution in [0, 0.1) is 0 Å². The minimum absolute atomic E-state index is 0.0910. The van der Waals surface area contributed by atoms with Gasteiger partial charge in [0, 0.05) is 7.11 Å². The number of hydrogen-bond donors (Lipinski definition) is 1. The van der Waals surface area contributed by atoms with Gasteiger partial charge in [-0.1, -0.05) is 12.2 Å². The third-order valence-electron chi connectivity index (χ3n) is 0.884. The third-order valence-corrected chi connectivity index (χ3v) is 0.884. The van der Waals surface area contributed by atoms with Crippen molar-refractivity contribution in [1.82, 2.24) is 0 Å². The average Bonchev–Trinajstić information content (AvgIpc) is 1.83. The highest BCUT2D eigenvalue weighted by atomic mass is 16.5. The molecule has 0 saturated carbocycles.